The average Bonchev–Trinajstić information content (AvgIpc) is 3.34. The van der Waals surface area contributed by atoms with E-state index in [1.165, 1.54) is 23.2 Å². The van der Waals surface area contributed by atoms with Crippen LogP contribution in [0, 0.1) is 0 Å². The number of aromatic nitrogens is 1. The molecule has 0 spiro atoms. The highest BCUT2D eigenvalue weighted by atomic mass is 32.2. The molecule has 1 aliphatic rings. The molecule has 7 nitrogen and oxygen atoms in total. The zero-order valence-electron chi connectivity index (χ0n) is 20.3. The summed E-state index contributed by atoms with van der Waals surface area (Å²) in [6.07, 6.45) is 0.955. The third-order valence-corrected chi connectivity index (χ3v) is 7.15. The van der Waals surface area contributed by atoms with E-state index in [1.807, 2.05) is 18.2 Å². The molecule has 1 fully saturated rings. The zero-order chi connectivity index (χ0) is 24.2. The molecule has 0 unspecified atom stereocenters. The molecule has 0 radical (unpaired) electrons. The average molecular weight is 491 g/mol. The van der Waals surface area contributed by atoms with E-state index in [-0.39, 0.29) is 0 Å². The number of fused-ring (bicyclic) bond motifs is 1. The molecule has 35 heavy (non-hydrogen) atoms. The molecular formula is C27H30N4O3S. The van der Waals surface area contributed by atoms with Gasteiger partial charge in [-0.15, -0.1) is 0 Å². The van der Waals surface area contributed by atoms with E-state index in [1.54, 1.807) is 14.2 Å². The van der Waals surface area contributed by atoms with Gasteiger partial charge in [-0.3, -0.25) is 0 Å². The molecule has 0 atom stereocenters. The van der Waals surface area contributed by atoms with Crippen LogP contribution in [0.15, 0.2) is 64.0 Å². The molecule has 0 amide bonds. The molecule has 0 aliphatic carbocycles. The van der Waals surface area contributed by atoms with E-state index in [2.05, 4.69) is 63.4 Å². The van der Waals surface area contributed by atoms with Crippen LogP contribution in [0.1, 0.15) is 12.5 Å². The summed E-state index contributed by atoms with van der Waals surface area (Å²) < 4.78 is 20.4. The van der Waals surface area contributed by atoms with Crippen molar-refractivity contribution in [3.63, 3.8) is 0 Å². The largest absolute Gasteiger partial charge is 0.496 e. The van der Waals surface area contributed by atoms with Gasteiger partial charge < -0.3 is 28.9 Å². The van der Waals surface area contributed by atoms with E-state index in [0.717, 1.165) is 59.8 Å². The van der Waals surface area contributed by atoms with Crippen LogP contribution in [0.4, 0.5) is 11.5 Å². The van der Waals surface area contributed by atoms with E-state index in [0.29, 0.717) is 17.2 Å². The van der Waals surface area contributed by atoms with Crippen LogP contribution in [0.5, 0.6) is 11.5 Å². The molecule has 182 valence electrons. The van der Waals surface area contributed by atoms with Gasteiger partial charge in [0, 0.05) is 31.9 Å². The molecule has 0 saturated carbocycles. The molecule has 0 bridgehead atoms. The molecule has 2 N–H and O–H groups in total. The van der Waals surface area contributed by atoms with Crippen molar-refractivity contribution in [1.82, 2.24) is 10.5 Å². The lowest BCUT2D eigenvalue weighted by Gasteiger charge is -2.29. The van der Waals surface area contributed by atoms with Gasteiger partial charge in [0.1, 0.15) is 16.9 Å². The Kier molecular flexibility index (Phi) is 7.01. The molecule has 1 saturated heterocycles. The lowest BCUT2D eigenvalue weighted by molar-refractivity contribution is 0.404. The predicted molar refractivity (Wildman–Crippen MR) is 143 cm³/mol. The van der Waals surface area contributed by atoms with Gasteiger partial charge in [0.2, 0.25) is 0 Å². The van der Waals surface area contributed by atoms with E-state index < -0.39 is 0 Å². The molecule has 8 heteroatoms. The Morgan fingerprint density at radius 2 is 1.83 bits per heavy atom. The number of methoxy groups -OCH3 is 2. The monoisotopic (exact) mass is 490 g/mol. The van der Waals surface area contributed by atoms with E-state index in [9.17, 15) is 0 Å². The summed E-state index contributed by atoms with van der Waals surface area (Å²) in [5.41, 5.74) is 5.28. The minimum atomic E-state index is 0.618. The molecule has 2 heterocycles. The topological polar surface area (TPSA) is 71.8 Å². The first-order valence-electron chi connectivity index (χ1n) is 11.8. The number of rotatable bonds is 8. The van der Waals surface area contributed by atoms with Gasteiger partial charge in [-0.25, -0.2) is 0 Å². The van der Waals surface area contributed by atoms with Crippen LogP contribution >= 0.6 is 11.9 Å². The number of ether oxygens (including phenoxy) is 2. The Labute approximate surface area is 209 Å². The molecule has 3 aromatic carbocycles. The van der Waals surface area contributed by atoms with Gasteiger partial charge in [-0.2, -0.15) is 0 Å². The first kappa shape index (κ1) is 23.4. The van der Waals surface area contributed by atoms with Gasteiger partial charge in [0.05, 0.1) is 19.1 Å². The zero-order valence-corrected chi connectivity index (χ0v) is 21.1. The second kappa shape index (κ2) is 10.5. The van der Waals surface area contributed by atoms with Gasteiger partial charge in [0.15, 0.2) is 11.4 Å². The summed E-state index contributed by atoms with van der Waals surface area (Å²) in [6, 6.07) is 18.9. The number of aryl methyl sites for hydroxylation is 1. The summed E-state index contributed by atoms with van der Waals surface area (Å²) in [7, 11) is 3.35. The van der Waals surface area contributed by atoms with Gasteiger partial charge >= 0.3 is 0 Å². The molecule has 1 aliphatic heterocycles. The van der Waals surface area contributed by atoms with Crippen molar-refractivity contribution in [2.45, 2.75) is 18.2 Å². The maximum Gasteiger partial charge on any atom is 0.191 e. The Morgan fingerprint density at radius 3 is 2.60 bits per heavy atom. The fourth-order valence-corrected chi connectivity index (χ4v) is 5.17. The summed E-state index contributed by atoms with van der Waals surface area (Å²) in [5, 5.41) is 8.52. The second-order valence-corrected chi connectivity index (χ2v) is 9.26. The van der Waals surface area contributed by atoms with Crippen molar-refractivity contribution in [2.75, 3.05) is 50.0 Å². The highest BCUT2D eigenvalue weighted by molar-refractivity contribution is 8.00. The van der Waals surface area contributed by atoms with Gasteiger partial charge in [0.25, 0.3) is 0 Å². The summed E-state index contributed by atoms with van der Waals surface area (Å²) >= 11 is 1.45. The smallest absolute Gasteiger partial charge is 0.191 e. The second-order valence-electron chi connectivity index (χ2n) is 8.41. The van der Waals surface area contributed by atoms with Crippen molar-refractivity contribution in [3.8, 4) is 22.6 Å². The molecular weight excluding hydrogens is 460 g/mol. The lowest BCUT2D eigenvalue weighted by Crippen LogP contribution is -2.43. The summed E-state index contributed by atoms with van der Waals surface area (Å²) in [4.78, 5) is 3.40. The van der Waals surface area contributed by atoms with E-state index >= 15 is 0 Å². The summed E-state index contributed by atoms with van der Waals surface area (Å²) in [6.45, 7) is 6.16. The fourth-order valence-electron chi connectivity index (χ4n) is 4.36. The molecule has 4 aromatic rings. The highest BCUT2D eigenvalue weighted by Gasteiger charge is 2.18. The number of hydrogen-bond donors (Lipinski definition) is 2. The van der Waals surface area contributed by atoms with Crippen molar-refractivity contribution >= 4 is 34.4 Å². The van der Waals surface area contributed by atoms with Crippen molar-refractivity contribution < 1.29 is 14.0 Å². The highest BCUT2D eigenvalue weighted by Crippen LogP contribution is 2.40. The predicted octanol–water partition coefficient (Wildman–Crippen LogP) is 5.60. The van der Waals surface area contributed by atoms with Crippen LogP contribution in [0.25, 0.3) is 22.1 Å². The van der Waals surface area contributed by atoms with Crippen molar-refractivity contribution in [3.05, 3.63) is 60.2 Å². The number of benzene rings is 3. The van der Waals surface area contributed by atoms with Crippen LogP contribution < -0.4 is 24.4 Å². The Morgan fingerprint density at radius 1 is 1.00 bits per heavy atom. The third-order valence-electron chi connectivity index (χ3n) is 6.31. The number of anilines is 2. The standard InChI is InChI=1S/C27H30N4O3S/c1-4-18-8-9-22(32-2)25(14-18)35-30-27-26-23(33-3)16-20(17-24(26)34-29-27)19-6-5-7-21(15-19)31-12-10-28-11-13-31/h5-9,14-17,28H,4,10-13H2,1-3H3,(H,29,30). The minimum absolute atomic E-state index is 0.618. The van der Waals surface area contributed by atoms with Crippen molar-refractivity contribution in [2.24, 2.45) is 0 Å². The number of nitrogens with zero attached hydrogens (tertiary/aromatic N) is 2. The molecule has 5 rings (SSSR count). The van der Waals surface area contributed by atoms with Gasteiger partial charge in [-0.05, 0) is 71.5 Å². The molecule has 1 aromatic heterocycles. The van der Waals surface area contributed by atoms with E-state index in [4.69, 9.17) is 14.0 Å². The Bertz CT molecular complexity index is 1320. The van der Waals surface area contributed by atoms with Crippen LogP contribution in [0.2, 0.25) is 0 Å². The third kappa shape index (κ3) is 4.90. The number of hydrogen-bond acceptors (Lipinski definition) is 8. The lowest BCUT2D eigenvalue weighted by atomic mass is 10.0. The van der Waals surface area contributed by atoms with Crippen LogP contribution in [-0.2, 0) is 6.42 Å². The van der Waals surface area contributed by atoms with Crippen LogP contribution in [0.3, 0.4) is 0 Å². The van der Waals surface area contributed by atoms with Crippen molar-refractivity contribution in [1.29, 1.82) is 0 Å². The summed E-state index contributed by atoms with van der Waals surface area (Å²) in [5.74, 6) is 2.14. The Balaban J connectivity index is 1.44. The first-order valence-corrected chi connectivity index (χ1v) is 12.6. The number of piperazine rings is 1. The maximum absolute atomic E-state index is 5.78. The number of nitrogens with one attached hydrogen (secondary N) is 2. The quantitative estimate of drug-likeness (QED) is 0.309. The normalized spacial score (nSPS) is 13.7. The Hall–Kier alpha value is -3.36. The SMILES string of the molecule is CCc1ccc(OC)c(SNc2noc3cc(-c4cccc(N5CCNCC5)c4)cc(OC)c23)c1. The first-order chi connectivity index (χ1) is 17.2. The minimum Gasteiger partial charge on any atom is -0.496 e. The fraction of sp³-hybridized carbons (Fsp3) is 0.296. The maximum atomic E-state index is 5.78. The van der Waals surface area contributed by atoms with Gasteiger partial charge in [-0.1, -0.05) is 30.3 Å². The van der Waals surface area contributed by atoms with Crippen LogP contribution in [-0.4, -0.2) is 45.6 Å².